The van der Waals surface area contributed by atoms with E-state index in [1.165, 1.54) is 13.2 Å². The van der Waals surface area contributed by atoms with E-state index >= 15 is 0 Å². The molecule has 0 spiro atoms. The van der Waals surface area contributed by atoms with Crippen molar-refractivity contribution >= 4 is 11.8 Å². The van der Waals surface area contributed by atoms with Gasteiger partial charge in [0.25, 0.3) is 0 Å². The van der Waals surface area contributed by atoms with Gasteiger partial charge in [-0.1, -0.05) is 0 Å². The lowest BCUT2D eigenvalue weighted by Gasteiger charge is -2.05. The number of allylic oxidation sites excluding steroid dienone is 1. The maximum absolute atomic E-state index is 10.7. The zero-order valence-corrected chi connectivity index (χ0v) is 9.25. The Kier molecular flexibility index (Phi) is 3.85. The van der Waals surface area contributed by atoms with Gasteiger partial charge in [-0.3, -0.25) is 10.1 Å². The Morgan fingerprint density at radius 2 is 2.11 bits per heavy atom. The summed E-state index contributed by atoms with van der Waals surface area (Å²) < 4.78 is 4.78. The van der Waals surface area contributed by atoms with Crippen LogP contribution < -0.4 is 4.74 Å². The number of nitro benzene ring substituents is 1. The highest BCUT2D eigenvalue weighted by Crippen LogP contribution is 2.37. The van der Waals surface area contributed by atoms with Crippen molar-refractivity contribution in [3.63, 3.8) is 0 Å². The lowest BCUT2D eigenvalue weighted by Crippen LogP contribution is -1.93. The van der Waals surface area contributed by atoms with E-state index in [0.717, 1.165) is 12.1 Å². The van der Waals surface area contributed by atoms with E-state index < -0.39 is 16.4 Å². The van der Waals surface area contributed by atoms with Crippen molar-refractivity contribution in [3.05, 3.63) is 33.4 Å². The number of phenols is 1. The third-order valence-electron chi connectivity index (χ3n) is 2.05. The Morgan fingerprint density at radius 1 is 1.50 bits per heavy atom. The second kappa shape index (κ2) is 5.32. The fourth-order valence-corrected chi connectivity index (χ4v) is 1.25. The lowest BCUT2D eigenvalue weighted by molar-refractivity contribution is -0.386. The Labute approximate surface area is 102 Å². The molecule has 1 N–H and O–H groups in total. The average molecular weight is 245 g/mol. The Hall–Kier alpha value is -3.06. The van der Waals surface area contributed by atoms with Crippen LogP contribution in [0.3, 0.4) is 0 Å². The molecule has 0 fully saturated rings. The van der Waals surface area contributed by atoms with Gasteiger partial charge in [-0.2, -0.15) is 10.5 Å². The Morgan fingerprint density at radius 3 is 2.56 bits per heavy atom. The summed E-state index contributed by atoms with van der Waals surface area (Å²) in [5.74, 6) is -0.708. The van der Waals surface area contributed by atoms with Crippen LogP contribution in [0.2, 0.25) is 0 Å². The Balaban J connectivity index is 3.46. The van der Waals surface area contributed by atoms with Gasteiger partial charge in [0.1, 0.15) is 17.7 Å². The van der Waals surface area contributed by atoms with Gasteiger partial charge in [0.2, 0.25) is 5.75 Å². The van der Waals surface area contributed by atoms with Crippen molar-refractivity contribution in [1.29, 1.82) is 10.5 Å². The van der Waals surface area contributed by atoms with Crippen LogP contribution in [0.15, 0.2) is 17.7 Å². The molecule has 0 aliphatic carbocycles. The molecule has 0 aliphatic rings. The first kappa shape index (κ1) is 13.0. The second-order valence-corrected chi connectivity index (χ2v) is 3.13. The highest BCUT2D eigenvalue weighted by atomic mass is 16.6. The number of benzene rings is 1. The fraction of sp³-hybridized carbons (Fsp3) is 0.0909. The third kappa shape index (κ3) is 2.54. The number of nitro groups is 1. The van der Waals surface area contributed by atoms with Crippen LogP contribution >= 0.6 is 0 Å². The van der Waals surface area contributed by atoms with Crippen LogP contribution in [0.1, 0.15) is 5.56 Å². The smallest absolute Gasteiger partial charge is 0.315 e. The number of hydrogen-bond acceptors (Lipinski definition) is 6. The summed E-state index contributed by atoms with van der Waals surface area (Å²) in [5.41, 5.74) is -0.553. The molecule has 0 radical (unpaired) electrons. The van der Waals surface area contributed by atoms with Crippen LogP contribution in [0.4, 0.5) is 5.69 Å². The molecular weight excluding hydrogens is 238 g/mol. The molecule has 0 saturated heterocycles. The average Bonchev–Trinajstić information content (AvgIpc) is 2.36. The number of phenolic OH excluding ortho intramolecular Hbond substituents is 1. The van der Waals surface area contributed by atoms with Gasteiger partial charge in [-0.25, -0.2) is 0 Å². The molecule has 0 saturated carbocycles. The number of rotatable bonds is 3. The molecule has 7 nitrogen and oxygen atoms in total. The highest BCUT2D eigenvalue weighted by Gasteiger charge is 2.19. The minimum Gasteiger partial charge on any atom is -0.500 e. The van der Waals surface area contributed by atoms with E-state index in [4.69, 9.17) is 15.3 Å². The van der Waals surface area contributed by atoms with E-state index in [1.54, 1.807) is 12.1 Å². The van der Waals surface area contributed by atoms with Crippen molar-refractivity contribution in [2.24, 2.45) is 0 Å². The minimum atomic E-state index is -0.784. The van der Waals surface area contributed by atoms with Crippen molar-refractivity contribution in [1.82, 2.24) is 0 Å². The molecule has 0 unspecified atom stereocenters. The summed E-state index contributed by atoms with van der Waals surface area (Å²) in [4.78, 5) is 9.92. The van der Waals surface area contributed by atoms with E-state index in [1.807, 2.05) is 0 Å². The minimum absolute atomic E-state index is 0.106. The molecule has 1 aromatic carbocycles. The molecule has 0 aliphatic heterocycles. The molecule has 7 heteroatoms. The second-order valence-electron chi connectivity index (χ2n) is 3.13. The summed E-state index contributed by atoms with van der Waals surface area (Å²) >= 11 is 0. The number of nitriles is 2. The molecular formula is C11H7N3O4. The molecule has 1 rings (SSSR count). The first-order valence-corrected chi connectivity index (χ1v) is 4.60. The van der Waals surface area contributed by atoms with Crippen LogP contribution in [-0.4, -0.2) is 17.1 Å². The molecule has 0 heterocycles. The molecule has 0 atom stereocenters. The highest BCUT2D eigenvalue weighted by molar-refractivity contribution is 5.68. The summed E-state index contributed by atoms with van der Waals surface area (Å²) in [7, 11) is 1.24. The Bertz CT molecular complexity index is 592. The van der Waals surface area contributed by atoms with Crippen LogP contribution in [0.5, 0.6) is 11.5 Å². The normalized spacial score (nSPS) is 8.83. The third-order valence-corrected chi connectivity index (χ3v) is 2.05. The first-order valence-electron chi connectivity index (χ1n) is 4.60. The van der Waals surface area contributed by atoms with E-state index in [2.05, 4.69) is 0 Å². The van der Waals surface area contributed by atoms with E-state index in [0.29, 0.717) is 0 Å². The summed E-state index contributed by atoms with van der Waals surface area (Å²) in [6, 6.07) is 5.59. The topological polar surface area (TPSA) is 120 Å². The van der Waals surface area contributed by atoms with Gasteiger partial charge >= 0.3 is 5.69 Å². The summed E-state index contributed by atoms with van der Waals surface area (Å²) in [6.07, 6.45) is 1.16. The maximum Gasteiger partial charge on any atom is 0.315 e. The molecule has 0 amide bonds. The largest absolute Gasteiger partial charge is 0.500 e. The van der Waals surface area contributed by atoms with Crippen LogP contribution in [0, 0.1) is 32.8 Å². The van der Waals surface area contributed by atoms with Gasteiger partial charge in [-0.05, 0) is 17.7 Å². The predicted octanol–water partition coefficient (Wildman–Crippen LogP) is 1.74. The predicted molar refractivity (Wildman–Crippen MR) is 60.5 cm³/mol. The number of ether oxygens (including phenoxy) is 1. The number of hydrogen-bond donors (Lipinski definition) is 1. The number of methoxy groups -OCH3 is 1. The summed E-state index contributed by atoms with van der Waals surface area (Å²) in [5, 5.41) is 37.4. The van der Waals surface area contributed by atoms with Crippen LogP contribution in [0.25, 0.3) is 6.08 Å². The van der Waals surface area contributed by atoms with Crippen molar-refractivity contribution in [3.8, 4) is 23.6 Å². The SMILES string of the molecule is COc1cc(C=C(C#N)C#N)cc([N+](=O)[O-])c1O. The standard InChI is InChI=1S/C11H7N3O4/c1-18-10-4-7(2-8(5-12)6-13)3-9(11(10)15)14(16)17/h2-4,15H,1H3. The first-order chi connectivity index (χ1) is 8.53. The lowest BCUT2D eigenvalue weighted by atomic mass is 10.1. The van der Waals surface area contributed by atoms with Gasteiger partial charge in [0, 0.05) is 6.07 Å². The quantitative estimate of drug-likeness (QED) is 0.491. The number of aromatic hydroxyl groups is 1. The monoisotopic (exact) mass is 245 g/mol. The van der Waals surface area contributed by atoms with Crippen molar-refractivity contribution in [2.45, 2.75) is 0 Å². The van der Waals surface area contributed by atoms with E-state index in [9.17, 15) is 15.2 Å². The zero-order chi connectivity index (χ0) is 13.7. The molecule has 0 bridgehead atoms. The molecule has 0 aromatic heterocycles. The fourth-order valence-electron chi connectivity index (χ4n) is 1.25. The van der Waals surface area contributed by atoms with Crippen LogP contribution in [-0.2, 0) is 0 Å². The van der Waals surface area contributed by atoms with Gasteiger partial charge in [-0.15, -0.1) is 0 Å². The molecule has 90 valence electrons. The zero-order valence-electron chi connectivity index (χ0n) is 9.25. The van der Waals surface area contributed by atoms with Crippen molar-refractivity contribution in [2.75, 3.05) is 7.11 Å². The maximum atomic E-state index is 10.7. The van der Waals surface area contributed by atoms with Gasteiger partial charge < -0.3 is 9.84 Å². The van der Waals surface area contributed by atoms with Crippen molar-refractivity contribution < 1.29 is 14.8 Å². The van der Waals surface area contributed by atoms with E-state index in [-0.39, 0.29) is 16.9 Å². The van der Waals surface area contributed by atoms with Gasteiger partial charge in [0.05, 0.1) is 12.0 Å². The summed E-state index contributed by atoms with van der Waals surface area (Å²) in [6.45, 7) is 0. The molecule has 18 heavy (non-hydrogen) atoms. The molecule has 1 aromatic rings. The number of nitrogens with zero attached hydrogens (tertiary/aromatic N) is 3. The van der Waals surface area contributed by atoms with Gasteiger partial charge in [0.15, 0.2) is 5.75 Å².